The SMILES string of the molecule is O=C(O)/C=C/C(=O)N1CCN(C(=O)C2CC2)CC1. The fourth-order valence-corrected chi connectivity index (χ4v) is 1.98. The number of nitrogens with zero attached hydrogens (tertiary/aromatic N) is 2. The summed E-state index contributed by atoms with van der Waals surface area (Å²) in [6, 6.07) is 0. The van der Waals surface area contributed by atoms with Gasteiger partial charge in [-0.15, -0.1) is 0 Å². The van der Waals surface area contributed by atoms with Crippen LogP contribution in [-0.4, -0.2) is 58.9 Å². The molecule has 2 rings (SSSR count). The van der Waals surface area contributed by atoms with Crippen molar-refractivity contribution < 1.29 is 19.5 Å². The lowest BCUT2D eigenvalue weighted by atomic mass is 10.2. The van der Waals surface area contributed by atoms with E-state index in [-0.39, 0.29) is 17.7 Å². The van der Waals surface area contributed by atoms with Gasteiger partial charge in [0.05, 0.1) is 0 Å². The van der Waals surface area contributed by atoms with Crippen LogP contribution in [0.1, 0.15) is 12.8 Å². The summed E-state index contributed by atoms with van der Waals surface area (Å²) in [5, 5.41) is 8.43. The zero-order valence-electron chi connectivity index (χ0n) is 10.0. The molecular formula is C12H16N2O4. The monoisotopic (exact) mass is 252 g/mol. The van der Waals surface area contributed by atoms with E-state index in [0.717, 1.165) is 25.0 Å². The third-order valence-electron chi connectivity index (χ3n) is 3.20. The minimum Gasteiger partial charge on any atom is -0.478 e. The van der Waals surface area contributed by atoms with Crippen molar-refractivity contribution in [2.24, 2.45) is 5.92 Å². The van der Waals surface area contributed by atoms with Crippen LogP contribution in [0.15, 0.2) is 12.2 Å². The number of hydrogen-bond acceptors (Lipinski definition) is 3. The van der Waals surface area contributed by atoms with E-state index >= 15 is 0 Å². The van der Waals surface area contributed by atoms with E-state index in [1.165, 1.54) is 0 Å². The lowest BCUT2D eigenvalue weighted by Crippen LogP contribution is -2.50. The Morgan fingerprint density at radius 2 is 1.50 bits per heavy atom. The standard InChI is InChI=1S/C12H16N2O4/c15-10(3-4-11(16)17)13-5-7-14(8-6-13)12(18)9-1-2-9/h3-4,9H,1-2,5-8H2,(H,16,17)/b4-3+. The van der Waals surface area contributed by atoms with Crippen molar-refractivity contribution in [1.29, 1.82) is 0 Å². The number of aliphatic carboxylic acids is 1. The molecule has 6 nitrogen and oxygen atoms in total. The highest BCUT2D eigenvalue weighted by Crippen LogP contribution is 2.31. The molecule has 0 bridgehead atoms. The number of rotatable bonds is 3. The predicted octanol–water partition coefficient (Wildman–Crippen LogP) is -0.292. The van der Waals surface area contributed by atoms with Gasteiger partial charge in [0.15, 0.2) is 0 Å². The number of amides is 2. The maximum absolute atomic E-state index is 11.8. The van der Waals surface area contributed by atoms with E-state index in [1.807, 2.05) is 0 Å². The average molecular weight is 252 g/mol. The largest absolute Gasteiger partial charge is 0.478 e. The number of carbonyl (C=O) groups is 3. The van der Waals surface area contributed by atoms with Crippen molar-refractivity contribution in [3.05, 3.63) is 12.2 Å². The third-order valence-corrected chi connectivity index (χ3v) is 3.20. The Morgan fingerprint density at radius 3 is 2.00 bits per heavy atom. The summed E-state index contributed by atoms with van der Waals surface area (Å²) in [5.41, 5.74) is 0. The molecule has 1 aliphatic carbocycles. The first-order valence-corrected chi connectivity index (χ1v) is 6.06. The second kappa shape index (κ2) is 5.20. The minimum atomic E-state index is -1.13. The van der Waals surface area contributed by atoms with Gasteiger partial charge >= 0.3 is 5.97 Å². The molecule has 1 saturated carbocycles. The fourth-order valence-electron chi connectivity index (χ4n) is 1.98. The zero-order chi connectivity index (χ0) is 13.1. The Balaban J connectivity index is 1.80. The second-order valence-corrected chi connectivity index (χ2v) is 4.60. The Morgan fingerprint density at radius 1 is 0.944 bits per heavy atom. The van der Waals surface area contributed by atoms with Crippen LogP contribution in [0.4, 0.5) is 0 Å². The van der Waals surface area contributed by atoms with E-state index in [9.17, 15) is 14.4 Å². The second-order valence-electron chi connectivity index (χ2n) is 4.60. The summed E-state index contributed by atoms with van der Waals surface area (Å²) in [4.78, 5) is 37.0. The van der Waals surface area contributed by atoms with Crippen LogP contribution >= 0.6 is 0 Å². The van der Waals surface area contributed by atoms with Crippen molar-refractivity contribution in [2.75, 3.05) is 26.2 Å². The van der Waals surface area contributed by atoms with Crippen LogP contribution < -0.4 is 0 Å². The Kier molecular flexibility index (Phi) is 3.64. The quantitative estimate of drug-likeness (QED) is 0.700. The number of hydrogen-bond donors (Lipinski definition) is 1. The van der Waals surface area contributed by atoms with Crippen LogP contribution in [0, 0.1) is 5.92 Å². The van der Waals surface area contributed by atoms with Gasteiger partial charge in [0.2, 0.25) is 11.8 Å². The molecule has 0 aromatic rings. The third kappa shape index (κ3) is 3.09. The number of carboxylic acids is 1. The predicted molar refractivity (Wildman–Crippen MR) is 62.7 cm³/mol. The molecule has 0 radical (unpaired) electrons. The van der Waals surface area contributed by atoms with Gasteiger partial charge in [-0.05, 0) is 12.8 Å². The summed E-state index contributed by atoms with van der Waals surface area (Å²) in [6.45, 7) is 2.03. The van der Waals surface area contributed by atoms with Crippen LogP contribution in [-0.2, 0) is 14.4 Å². The van der Waals surface area contributed by atoms with Crippen molar-refractivity contribution >= 4 is 17.8 Å². The summed E-state index contributed by atoms with van der Waals surface area (Å²) >= 11 is 0. The molecule has 98 valence electrons. The first-order chi connectivity index (χ1) is 8.58. The molecule has 2 aliphatic rings. The summed E-state index contributed by atoms with van der Waals surface area (Å²) < 4.78 is 0. The first kappa shape index (κ1) is 12.6. The van der Waals surface area contributed by atoms with E-state index in [1.54, 1.807) is 9.80 Å². The maximum atomic E-state index is 11.8. The molecule has 18 heavy (non-hydrogen) atoms. The molecule has 2 amide bonds. The highest BCUT2D eigenvalue weighted by molar-refractivity contribution is 5.94. The molecule has 0 aromatic carbocycles. The molecule has 1 heterocycles. The molecule has 6 heteroatoms. The minimum absolute atomic E-state index is 0.197. The number of carbonyl (C=O) groups excluding carboxylic acids is 2. The Labute approximate surface area is 105 Å². The van der Waals surface area contributed by atoms with E-state index < -0.39 is 5.97 Å². The Bertz CT molecular complexity index is 393. The lowest BCUT2D eigenvalue weighted by molar-refractivity contribution is -0.138. The zero-order valence-corrected chi connectivity index (χ0v) is 10.0. The molecule has 0 aromatic heterocycles. The van der Waals surface area contributed by atoms with E-state index in [0.29, 0.717) is 26.2 Å². The van der Waals surface area contributed by atoms with E-state index in [2.05, 4.69) is 0 Å². The fraction of sp³-hybridized carbons (Fsp3) is 0.583. The summed E-state index contributed by atoms with van der Waals surface area (Å²) in [5.74, 6) is -1.04. The van der Waals surface area contributed by atoms with Crippen LogP contribution in [0.3, 0.4) is 0 Å². The van der Waals surface area contributed by atoms with Crippen molar-refractivity contribution in [1.82, 2.24) is 9.80 Å². The maximum Gasteiger partial charge on any atom is 0.328 e. The normalized spacial score (nSPS) is 20.2. The van der Waals surface area contributed by atoms with Crippen LogP contribution in [0.25, 0.3) is 0 Å². The lowest BCUT2D eigenvalue weighted by Gasteiger charge is -2.34. The first-order valence-electron chi connectivity index (χ1n) is 6.06. The topological polar surface area (TPSA) is 77.9 Å². The number of carboxylic acid groups (broad SMARTS) is 1. The van der Waals surface area contributed by atoms with Crippen LogP contribution in [0.5, 0.6) is 0 Å². The summed E-state index contributed by atoms with van der Waals surface area (Å²) in [6.07, 6.45) is 3.86. The van der Waals surface area contributed by atoms with Gasteiger partial charge in [0, 0.05) is 44.2 Å². The molecular weight excluding hydrogens is 236 g/mol. The Hall–Kier alpha value is -1.85. The molecule has 1 N–H and O–H groups in total. The highest BCUT2D eigenvalue weighted by Gasteiger charge is 2.34. The molecule has 1 aliphatic heterocycles. The van der Waals surface area contributed by atoms with E-state index in [4.69, 9.17) is 5.11 Å². The van der Waals surface area contributed by atoms with Gasteiger partial charge < -0.3 is 14.9 Å². The summed E-state index contributed by atoms with van der Waals surface area (Å²) in [7, 11) is 0. The molecule has 0 spiro atoms. The smallest absolute Gasteiger partial charge is 0.328 e. The van der Waals surface area contributed by atoms with Gasteiger partial charge in [0.25, 0.3) is 0 Å². The van der Waals surface area contributed by atoms with Gasteiger partial charge in [-0.1, -0.05) is 0 Å². The van der Waals surface area contributed by atoms with Crippen LogP contribution in [0.2, 0.25) is 0 Å². The number of piperazine rings is 1. The average Bonchev–Trinajstić information content (AvgIpc) is 3.19. The van der Waals surface area contributed by atoms with Crippen molar-refractivity contribution in [2.45, 2.75) is 12.8 Å². The molecule has 0 atom stereocenters. The van der Waals surface area contributed by atoms with Gasteiger partial charge in [-0.25, -0.2) is 4.79 Å². The van der Waals surface area contributed by atoms with Gasteiger partial charge in [-0.2, -0.15) is 0 Å². The molecule has 0 unspecified atom stereocenters. The van der Waals surface area contributed by atoms with Gasteiger partial charge in [-0.3, -0.25) is 9.59 Å². The molecule has 1 saturated heterocycles. The van der Waals surface area contributed by atoms with Crippen molar-refractivity contribution in [3.8, 4) is 0 Å². The van der Waals surface area contributed by atoms with Gasteiger partial charge in [0.1, 0.15) is 0 Å². The highest BCUT2D eigenvalue weighted by atomic mass is 16.4. The molecule has 2 fully saturated rings. The van der Waals surface area contributed by atoms with Crippen molar-refractivity contribution in [3.63, 3.8) is 0 Å².